The summed E-state index contributed by atoms with van der Waals surface area (Å²) < 4.78 is 1.85. The summed E-state index contributed by atoms with van der Waals surface area (Å²) in [5.74, 6) is -0.0654. The molecule has 3 aromatic rings. The van der Waals surface area contributed by atoms with E-state index in [4.69, 9.17) is 0 Å². The maximum Gasteiger partial charge on any atom is 0.251 e. The molecule has 124 valence electrons. The predicted octanol–water partition coefficient (Wildman–Crippen LogP) is 3.11. The average molecular weight is 340 g/mol. The van der Waals surface area contributed by atoms with Crippen LogP contribution in [0.4, 0.5) is 5.69 Å². The van der Waals surface area contributed by atoms with Gasteiger partial charge >= 0.3 is 0 Å². The van der Waals surface area contributed by atoms with Crippen LogP contribution in [0.25, 0.3) is 10.6 Å². The summed E-state index contributed by atoms with van der Waals surface area (Å²) in [6.07, 6.45) is 1.94. The maximum atomic E-state index is 12.2. The third-order valence-electron chi connectivity index (χ3n) is 3.67. The molecule has 3 rings (SSSR count). The fourth-order valence-electron chi connectivity index (χ4n) is 2.35. The minimum atomic E-state index is -0.0654. The van der Waals surface area contributed by atoms with Gasteiger partial charge in [-0.3, -0.25) is 9.48 Å². The Bertz CT molecular complexity index is 808. The van der Waals surface area contributed by atoms with Gasteiger partial charge in [-0.1, -0.05) is 12.1 Å². The number of anilines is 1. The minimum absolute atomic E-state index is 0.0654. The molecule has 1 aromatic carbocycles. The quantitative estimate of drug-likeness (QED) is 0.750. The molecular weight excluding hydrogens is 320 g/mol. The highest BCUT2D eigenvalue weighted by Gasteiger charge is 2.07. The van der Waals surface area contributed by atoms with Gasteiger partial charge in [0.05, 0.1) is 11.4 Å². The minimum Gasteiger partial charge on any atom is -0.378 e. The average Bonchev–Trinajstić information content (AvgIpc) is 3.26. The standard InChI is InChI=1S/C18H20N4OS/c1-21(2)15-6-3-5-14(13-15)18(23)19-9-11-22-10-8-16(20-22)17-7-4-12-24-17/h3-8,10,12-13H,9,11H2,1-2H3,(H,19,23). The zero-order valence-corrected chi connectivity index (χ0v) is 14.6. The first kappa shape index (κ1) is 16.3. The lowest BCUT2D eigenvalue weighted by atomic mass is 10.2. The van der Waals surface area contributed by atoms with Crippen LogP contribution in [0.15, 0.2) is 54.0 Å². The number of rotatable bonds is 6. The van der Waals surface area contributed by atoms with Crippen LogP contribution in [0, 0.1) is 0 Å². The summed E-state index contributed by atoms with van der Waals surface area (Å²) in [6, 6.07) is 13.6. The van der Waals surface area contributed by atoms with Crippen LogP contribution in [0.2, 0.25) is 0 Å². The Kier molecular flexibility index (Phi) is 4.96. The molecule has 0 saturated heterocycles. The highest BCUT2D eigenvalue weighted by atomic mass is 32.1. The van der Waals surface area contributed by atoms with E-state index < -0.39 is 0 Å². The zero-order chi connectivity index (χ0) is 16.9. The summed E-state index contributed by atoms with van der Waals surface area (Å²) in [5.41, 5.74) is 2.64. The number of carbonyl (C=O) groups is 1. The molecule has 0 aliphatic heterocycles. The monoisotopic (exact) mass is 340 g/mol. The smallest absolute Gasteiger partial charge is 0.251 e. The van der Waals surface area contributed by atoms with Crippen molar-refractivity contribution < 1.29 is 4.79 Å². The molecule has 0 unspecified atom stereocenters. The van der Waals surface area contributed by atoms with Crippen molar-refractivity contribution in [2.75, 3.05) is 25.5 Å². The van der Waals surface area contributed by atoms with E-state index in [1.54, 1.807) is 11.3 Å². The number of hydrogen-bond donors (Lipinski definition) is 1. The molecule has 2 heterocycles. The van der Waals surface area contributed by atoms with Gasteiger partial charge in [0.2, 0.25) is 0 Å². The summed E-state index contributed by atoms with van der Waals surface area (Å²) >= 11 is 1.67. The van der Waals surface area contributed by atoms with Crippen LogP contribution in [0.3, 0.4) is 0 Å². The van der Waals surface area contributed by atoms with E-state index in [9.17, 15) is 4.79 Å². The van der Waals surface area contributed by atoms with E-state index >= 15 is 0 Å². The van der Waals surface area contributed by atoms with Gasteiger partial charge < -0.3 is 10.2 Å². The van der Waals surface area contributed by atoms with Crippen molar-refractivity contribution in [1.82, 2.24) is 15.1 Å². The molecule has 2 aromatic heterocycles. The van der Waals surface area contributed by atoms with Gasteiger partial charge in [0.15, 0.2) is 0 Å². The molecule has 1 amide bonds. The third kappa shape index (κ3) is 3.83. The molecule has 0 atom stereocenters. The van der Waals surface area contributed by atoms with Crippen molar-refractivity contribution in [3.05, 3.63) is 59.6 Å². The summed E-state index contributed by atoms with van der Waals surface area (Å²) in [5, 5.41) is 9.51. The highest BCUT2D eigenvalue weighted by molar-refractivity contribution is 7.13. The fourth-order valence-corrected chi connectivity index (χ4v) is 3.04. The van der Waals surface area contributed by atoms with Gasteiger partial charge in [-0.2, -0.15) is 5.10 Å². The SMILES string of the molecule is CN(C)c1cccc(C(=O)NCCn2ccc(-c3cccs3)n2)c1. The first-order valence-corrected chi connectivity index (χ1v) is 8.64. The second kappa shape index (κ2) is 7.31. The van der Waals surface area contributed by atoms with E-state index in [1.165, 1.54) is 0 Å². The van der Waals surface area contributed by atoms with Gasteiger partial charge in [-0.05, 0) is 35.7 Å². The summed E-state index contributed by atoms with van der Waals surface area (Å²) in [7, 11) is 3.92. The largest absolute Gasteiger partial charge is 0.378 e. The van der Waals surface area contributed by atoms with Crippen molar-refractivity contribution in [2.24, 2.45) is 0 Å². The maximum absolute atomic E-state index is 12.2. The van der Waals surface area contributed by atoms with Crippen molar-refractivity contribution in [1.29, 1.82) is 0 Å². The molecule has 0 bridgehead atoms. The normalized spacial score (nSPS) is 10.6. The molecule has 0 aliphatic rings. The topological polar surface area (TPSA) is 50.2 Å². The Morgan fingerprint density at radius 2 is 2.12 bits per heavy atom. The number of thiophene rings is 1. The Balaban J connectivity index is 1.55. The number of amides is 1. The number of nitrogens with one attached hydrogen (secondary N) is 1. The van der Waals surface area contributed by atoms with E-state index in [0.717, 1.165) is 16.3 Å². The van der Waals surface area contributed by atoms with Gasteiger partial charge in [0.1, 0.15) is 5.69 Å². The Morgan fingerprint density at radius 3 is 2.88 bits per heavy atom. The zero-order valence-electron chi connectivity index (χ0n) is 13.8. The van der Waals surface area contributed by atoms with Crippen LogP contribution in [-0.4, -0.2) is 36.3 Å². The second-order valence-corrected chi connectivity index (χ2v) is 6.59. The van der Waals surface area contributed by atoms with Crippen molar-refractivity contribution >= 4 is 22.9 Å². The Morgan fingerprint density at radius 1 is 1.25 bits per heavy atom. The van der Waals surface area contributed by atoms with Crippen LogP contribution < -0.4 is 10.2 Å². The molecular formula is C18H20N4OS. The van der Waals surface area contributed by atoms with E-state index in [0.29, 0.717) is 18.7 Å². The first-order valence-electron chi connectivity index (χ1n) is 7.76. The second-order valence-electron chi connectivity index (χ2n) is 5.64. The van der Waals surface area contributed by atoms with Crippen LogP contribution in [0.5, 0.6) is 0 Å². The van der Waals surface area contributed by atoms with Crippen molar-refractivity contribution in [2.45, 2.75) is 6.54 Å². The van der Waals surface area contributed by atoms with Crippen LogP contribution >= 0.6 is 11.3 Å². The van der Waals surface area contributed by atoms with Crippen LogP contribution in [-0.2, 0) is 6.54 Å². The molecule has 6 heteroatoms. The summed E-state index contributed by atoms with van der Waals surface area (Å²) in [4.78, 5) is 15.4. The molecule has 24 heavy (non-hydrogen) atoms. The summed E-state index contributed by atoms with van der Waals surface area (Å²) in [6.45, 7) is 1.18. The molecule has 0 saturated carbocycles. The molecule has 0 aliphatic carbocycles. The van der Waals surface area contributed by atoms with Gasteiger partial charge in [0.25, 0.3) is 5.91 Å². The lowest BCUT2D eigenvalue weighted by molar-refractivity contribution is 0.0952. The molecule has 1 N–H and O–H groups in total. The van der Waals surface area contributed by atoms with E-state index in [1.807, 2.05) is 71.7 Å². The van der Waals surface area contributed by atoms with Crippen LogP contribution in [0.1, 0.15) is 10.4 Å². The number of carbonyl (C=O) groups excluding carboxylic acids is 1. The fraction of sp³-hybridized carbons (Fsp3) is 0.222. The molecule has 0 fully saturated rings. The van der Waals surface area contributed by atoms with E-state index in [-0.39, 0.29) is 5.91 Å². The van der Waals surface area contributed by atoms with Crippen molar-refractivity contribution in [3.8, 4) is 10.6 Å². The van der Waals surface area contributed by atoms with Gasteiger partial charge in [-0.25, -0.2) is 0 Å². The van der Waals surface area contributed by atoms with Gasteiger partial charge in [0, 0.05) is 38.1 Å². The highest BCUT2D eigenvalue weighted by Crippen LogP contribution is 2.22. The Hall–Kier alpha value is -2.60. The number of benzene rings is 1. The Labute approximate surface area is 145 Å². The third-order valence-corrected chi connectivity index (χ3v) is 4.56. The lowest BCUT2D eigenvalue weighted by Gasteiger charge is -2.13. The van der Waals surface area contributed by atoms with E-state index in [2.05, 4.69) is 16.5 Å². The first-order chi connectivity index (χ1) is 11.6. The number of aromatic nitrogens is 2. The molecule has 0 radical (unpaired) electrons. The molecule has 5 nitrogen and oxygen atoms in total. The molecule has 0 spiro atoms. The van der Waals surface area contributed by atoms with Crippen molar-refractivity contribution in [3.63, 3.8) is 0 Å². The number of hydrogen-bond acceptors (Lipinski definition) is 4. The number of nitrogens with zero attached hydrogens (tertiary/aromatic N) is 3. The van der Waals surface area contributed by atoms with Gasteiger partial charge in [-0.15, -0.1) is 11.3 Å². The lowest BCUT2D eigenvalue weighted by Crippen LogP contribution is -2.27. The predicted molar refractivity (Wildman–Crippen MR) is 98.6 cm³/mol.